The van der Waals surface area contributed by atoms with Gasteiger partial charge in [0.05, 0.1) is 16.8 Å². The minimum Gasteiger partial charge on any atom is -0.395 e. The average molecular weight is 537 g/mol. The first-order valence-electron chi connectivity index (χ1n) is 13.1. The number of nitrogens with one attached hydrogen (secondary N) is 3. The van der Waals surface area contributed by atoms with Gasteiger partial charge in [0.15, 0.2) is 9.84 Å². The minimum absolute atomic E-state index is 0.0654. The van der Waals surface area contributed by atoms with Crippen molar-refractivity contribution >= 4 is 27.0 Å². The molecule has 0 aromatic heterocycles. The fourth-order valence-electron chi connectivity index (χ4n) is 5.26. The number of anilines is 1. The summed E-state index contributed by atoms with van der Waals surface area (Å²) in [4.78, 5) is 15.7. The first-order valence-corrected chi connectivity index (χ1v) is 14.6. The van der Waals surface area contributed by atoms with Gasteiger partial charge < -0.3 is 26.0 Å². The van der Waals surface area contributed by atoms with E-state index in [4.69, 9.17) is 5.11 Å². The topological polar surface area (TPSA) is 111 Å². The van der Waals surface area contributed by atoms with Crippen LogP contribution in [0.3, 0.4) is 0 Å². The molecular weight excluding hydrogens is 500 g/mol. The third-order valence-electron chi connectivity index (χ3n) is 7.67. The third-order valence-corrected chi connectivity index (χ3v) is 9.93. The van der Waals surface area contributed by atoms with Gasteiger partial charge in [-0.1, -0.05) is 12.1 Å². The van der Waals surface area contributed by atoms with Crippen molar-refractivity contribution < 1.29 is 18.3 Å². The number of fused-ring (bicyclic) bond motifs is 3. The van der Waals surface area contributed by atoms with Crippen LogP contribution in [-0.2, 0) is 9.84 Å². The van der Waals surface area contributed by atoms with E-state index in [-0.39, 0.29) is 17.8 Å². The van der Waals surface area contributed by atoms with Gasteiger partial charge in [-0.25, -0.2) is 8.42 Å². The van der Waals surface area contributed by atoms with Crippen LogP contribution >= 0.6 is 0 Å². The van der Waals surface area contributed by atoms with Crippen molar-refractivity contribution in [1.82, 2.24) is 15.5 Å². The van der Waals surface area contributed by atoms with Crippen LogP contribution in [0.2, 0.25) is 0 Å². The van der Waals surface area contributed by atoms with E-state index in [1.807, 2.05) is 44.1 Å². The molecule has 2 aromatic carbocycles. The molecule has 0 spiro atoms. The molecule has 5 rings (SSSR count). The lowest BCUT2D eigenvalue weighted by molar-refractivity contribution is 0.0948. The lowest BCUT2D eigenvalue weighted by Gasteiger charge is -2.31. The van der Waals surface area contributed by atoms with Gasteiger partial charge in [0.25, 0.3) is 5.91 Å². The summed E-state index contributed by atoms with van der Waals surface area (Å²) in [7, 11) is -1.47. The number of nitrogens with zero attached hydrogens (tertiary/aromatic N) is 1. The number of likely N-dealkylation sites (N-methyl/N-ethyl adjacent to an activating group) is 1. The molecule has 1 fully saturated rings. The maximum Gasteiger partial charge on any atom is 0.251 e. The van der Waals surface area contributed by atoms with Gasteiger partial charge in [0.1, 0.15) is 5.66 Å². The zero-order valence-electron chi connectivity index (χ0n) is 22.4. The number of carbonyl (C=O) groups is 1. The highest BCUT2D eigenvalue weighted by Gasteiger charge is 2.42. The van der Waals surface area contributed by atoms with E-state index < -0.39 is 15.5 Å². The van der Waals surface area contributed by atoms with Crippen LogP contribution < -0.4 is 16.0 Å². The number of allylic oxidation sites excluding steroid dienone is 2. The summed E-state index contributed by atoms with van der Waals surface area (Å²) in [6.45, 7) is 7.70. The normalized spacial score (nSPS) is 20.2. The van der Waals surface area contributed by atoms with Crippen LogP contribution in [-0.4, -0.2) is 68.5 Å². The zero-order chi connectivity index (χ0) is 27.2. The fourth-order valence-corrected chi connectivity index (χ4v) is 6.96. The summed E-state index contributed by atoms with van der Waals surface area (Å²) in [6.07, 6.45) is 5.52. The van der Waals surface area contributed by atoms with E-state index >= 15 is 0 Å². The quantitative estimate of drug-likeness (QED) is 0.389. The summed E-state index contributed by atoms with van der Waals surface area (Å²) in [6, 6.07) is 9.01. The van der Waals surface area contributed by atoms with Crippen molar-refractivity contribution in [2.45, 2.75) is 49.4 Å². The van der Waals surface area contributed by atoms with Gasteiger partial charge in [-0.3, -0.25) is 4.79 Å². The summed E-state index contributed by atoms with van der Waals surface area (Å²) in [5.74, 6) is -0.191. The number of hydrogen-bond acceptors (Lipinski definition) is 7. The fraction of sp³-hybridized carbons (Fsp3) is 0.414. The Bertz CT molecular complexity index is 1460. The molecule has 202 valence electrons. The molecule has 9 heteroatoms. The van der Waals surface area contributed by atoms with E-state index in [0.29, 0.717) is 42.9 Å². The number of benzene rings is 2. The van der Waals surface area contributed by atoms with E-state index in [0.717, 1.165) is 39.1 Å². The first kappa shape index (κ1) is 26.5. The molecule has 0 radical (unpaired) electrons. The summed E-state index contributed by atoms with van der Waals surface area (Å²) in [5, 5.41) is 18.9. The Hall–Kier alpha value is -3.14. The minimum atomic E-state index is -3.37. The van der Waals surface area contributed by atoms with Crippen molar-refractivity contribution in [1.29, 1.82) is 0 Å². The molecule has 1 unspecified atom stereocenters. The molecule has 1 atom stereocenters. The van der Waals surface area contributed by atoms with Crippen LogP contribution in [0, 0.1) is 6.92 Å². The molecule has 1 amide bonds. The van der Waals surface area contributed by atoms with Gasteiger partial charge in [0, 0.05) is 48.2 Å². The smallest absolute Gasteiger partial charge is 0.251 e. The highest BCUT2D eigenvalue weighted by atomic mass is 32.2. The second-order valence-corrected chi connectivity index (χ2v) is 13.0. The van der Waals surface area contributed by atoms with Gasteiger partial charge in [-0.05, 0) is 87.2 Å². The molecule has 0 saturated heterocycles. The van der Waals surface area contributed by atoms with Gasteiger partial charge in [-0.2, -0.15) is 0 Å². The van der Waals surface area contributed by atoms with Crippen LogP contribution in [0.25, 0.3) is 16.7 Å². The van der Waals surface area contributed by atoms with Crippen molar-refractivity contribution in [3.63, 3.8) is 0 Å². The number of aliphatic hydroxyl groups excluding tert-OH is 1. The Morgan fingerprint density at radius 1 is 1.21 bits per heavy atom. The first-order chi connectivity index (χ1) is 18.0. The second kappa shape index (κ2) is 9.87. The number of sulfone groups is 1. The van der Waals surface area contributed by atoms with Crippen LogP contribution in [0.15, 0.2) is 53.1 Å². The Kier molecular flexibility index (Phi) is 6.87. The Balaban J connectivity index is 1.61. The maximum absolute atomic E-state index is 13.4. The van der Waals surface area contributed by atoms with Crippen molar-refractivity contribution in [3.8, 4) is 11.1 Å². The van der Waals surface area contributed by atoms with Crippen molar-refractivity contribution in [2.75, 3.05) is 38.6 Å². The molecule has 2 aliphatic heterocycles. The number of dihydropyridines is 1. The number of aliphatic hydroxyl groups is 1. The van der Waals surface area contributed by atoms with Gasteiger partial charge in [-0.15, -0.1) is 0 Å². The second-order valence-electron chi connectivity index (χ2n) is 10.7. The lowest BCUT2D eigenvalue weighted by atomic mass is 9.86. The number of rotatable bonds is 9. The van der Waals surface area contributed by atoms with E-state index in [1.54, 1.807) is 18.2 Å². The highest BCUT2D eigenvalue weighted by Crippen LogP contribution is 2.50. The molecule has 1 saturated carbocycles. The molecule has 1 aliphatic carbocycles. The molecule has 3 aliphatic rings. The predicted octanol–water partition coefficient (Wildman–Crippen LogP) is 3.28. The molecule has 2 heterocycles. The summed E-state index contributed by atoms with van der Waals surface area (Å²) >= 11 is 0. The third kappa shape index (κ3) is 4.74. The lowest BCUT2D eigenvalue weighted by Crippen LogP contribution is -2.45. The van der Waals surface area contributed by atoms with Gasteiger partial charge >= 0.3 is 0 Å². The van der Waals surface area contributed by atoms with E-state index in [2.05, 4.69) is 29.0 Å². The molecule has 2 aromatic rings. The summed E-state index contributed by atoms with van der Waals surface area (Å²) in [5.41, 5.74) is 6.38. The molecule has 8 nitrogen and oxygen atoms in total. The Labute approximate surface area is 224 Å². The zero-order valence-corrected chi connectivity index (χ0v) is 23.2. The van der Waals surface area contributed by atoms with Crippen molar-refractivity contribution in [3.05, 3.63) is 64.9 Å². The number of hydrogen-bond donors (Lipinski definition) is 4. The van der Waals surface area contributed by atoms with Crippen LogP contribution in [0.5, 0.6) is 0 Å². The van der Waals surface area contributed by atoms with Crippen molar-refractivity contribution in [2.24, 2.45) is 0 Å². The largest absolute Gasteiger partial charge is 0.395 e. The molecule has 4 N–H and O–H groups in total. The standard InChI is InChI=1S/C29H36N4O4S/c1-18-14-25-26-24(20-6-5-7-22(15-20)38(36,37)21-8-9-21)16-23(28(35)30-10-11-33(4)12-13-34)19(2)27(26)32-29(25,3)31-17-18/h5-7,14-17,21,31-32,34H,8-13H2,1-4H3,(H,30,35). The van der Waals surface area contributed by atoms with Crippen LogP contribution in [0.4, 0.5) is 5.69 Å². The number of amides is 1. The molecule has 38 heavy (non-hydrogen) atoms. The summed E-state index contributed by atoms with van der Waals surface area (Å²) < 4.78 is 26.1. The Morgan fingerprint density at radius 2 is 1.97 bits per heavy atom. The molecule has 0 bridgehead atoms. The SMILES string of the molecule is CC1=CNC2(C)Nc3c(C)c(C(=O)NCCN(C)CCO)cc(-c4cccc(S(=O)(=O)C5CC5)c4)c3C2=C1. The average Bonchev–Trinajstić information content (AvgIpc) is 3.69. The molecular formula is C29H36N4O4S. The maximum atomic E-state index is 13.4. The highest BCUT2D eigenvalue weighted by molar-refractivity contribution is 7.92. The van der Waals surface area contributed by atoms with Gasteiger partial charge in [0.2, 0.25) is 0 Å². The Morgan fingerprint density at radius 3 is 2.68 bits per heavy atom. The monoisotopic (exact) mass is 536 g/mol. The predicted molar refractivity (Wildman–Crippen MR) is 151 cm³/mol. The number of carbonyl (C=O) groups excluding carboxylic acids is 1. The van der Waals surface area contributed by atoms with E-state index in [9.17, 15) is 13.2 Å². The van der Waals surface area contributed by atoms with Crippen LogP contribution in [0.1, 0.15) is 48.2 Å². The van der Waals surface area contributed by atoms with E-state index in [1.165, 1.54) is 0 Å².